The summed E-state index contributed by atoms with van der Waals surface area (Å²) in [6.45, 7) is 1.79. The zero-order valence-electron chi connectivity index (χ0n) is 9.95. The Morgan fingerprint density at radius 2 is 1.94 bits per heavy atom. The highest BCUT2D eigenvalue weighted by Gasteiger charge is 2.02. The molecule has 2 rings (SSSR count). The highest BCUT2D eigenvalue weighted by atomic mass is 15.1. The summed E-state index contributed by atoms with van der Waals surface area (Å²) in [5.41, 5.74) is 2.12. The first-order valence-electron chi connectivity index (χ1n) is 5.68. The van der Waals surface area contributed by atoms with Crippen molar-refractivity contribution < 1.29 is 0 Å². The van der Waals surface area contributed by atoms with E-state index < -0.39 is 0 Å². The molecule has 4 heteroatoms. The van der Waals surface area contributed by atoms with Crippen LogP contribution in [0, 0.1) is 0 Å². The molecule has 0 saturated heterocycles. The first kappa shape index (κ1) is 11.7. The minimum Gasteiger partial charge on any atom is -0.300 e. The normalized spacial score (nSPS) is 10.7. The van der Waals surface area contributed by atoms with Crippen LogP contribution in [0.25, 0.3) is 0 Å². The average molecular weight is 228 g/mol. The molecule has 0 amide bonds. The molecule has 0 radical (unpaired) electrons. The van der Waals surface area contributed by atoms with Gasteiger partial charge in [-0.2, -0.15) is 0 Å². The molecule has 2 aromatic heterocycles. The second-order valence-electron chi connectivity index (χ2n) is 4.01. The maximum atomic E-state index is 4.30. The molecule has 0 aliphatic rings. The van der Waals surface area contributed by atoms with Gasteiger partial charge in [0.1, 0.15) is 0 Å². The van der Waals surface area contributed by atoms with Crippen molar-refractivity contribution in [1.29, 1.82) is 0 Å². The SMILES string of the molecule is CN(CCc1ccccn1)Cc1cnccn1. The van der Waals surface area contributed by atoms with Crippen LogP contribution in [-0.2, 0) is 13.0 Å². The Bertz CT molecular complexity index is 430. The molecular formula is C13H16N4. The molecule has 0 aromatic carbocycles. The Morgan fingerprint density at radius 3 is 2.65 bits per heavy atom. The van der Waals surface area contributed by atoms with Gasteiger partial charge in [-0.15, -0.1) is 0 Å². The monoisotopic (exact) mass is 228 g/mol. The lowest BCUT2D eigenvalue weighted by molar-refractivity contribution is 0.325. The molecule has 0 spiro atoms. The standard InChI is InChI=1S/C13H16N4/c1-17(11-13-10-14-7-8-16-13)9-5-12-4-2-3-6-15-12/h2-4,6-8,10H,5,9,11H2,1H3. The van der Waals surface area contributed by atoms with Crippen molar-refractivity contribution in [2.45, 2.75) is 13.0 Å². The molecule has 0 atom stereocenters. The van der Waals surface area contributed by atoms with Gasteiger partial charge in [-0.1, -0.05) is 6.07 Å². The number of nitrogens with zero attached hydrogens (tertiary/aromatic N) is 4. The smallest absolute Gasteiger partial charge is 0.0726 e. The minimum atomic E-state index is 0.820. The zero-order chi connectivity index (χ0) is 11.9. The van der Waals surface area contributed by atoms with Crippen LogP contribution in [0.2, 0.25) is 0 Å². The summed E-state index contributed by atoms with van der Waals surface area (Å²) in [6, 6.07) is 6.01. The van der Waals surface area contributed by atoms with E-state index in [4.69, 9.17) is 0 Å². The predicted octanol–water partition coefficient (Wildman–Crippen LogP) is 1.55. The van der Waals surface area contributed by atoms with Gasteiger partial charge >= 0.3 is 0 Å². The fraction of sp³-hybridized carbons (Fsp3) is 0.308. The molecular weight excluding hydrogens is 212 g/mol. The third-order valence-electron chi connectivity index (χ3n) is 2.52. The van der Waals surface area contributed by atoms with Gasteiger partial charge in [-0.05, 0) is 19.2 Å². The van der Waals surface area contributed by atoms with Gasteiger partial charge in [0.25, 0.3) is 0 Å². The third-order valence-corrected chi connectivity index (χ3v) is 2.52. The van der Waals surface area contributed by atoms with Crippen LogP contribution in [0.4, 0.5) is 0 Å². The van der Waals surface area contributed by atoms with Gasteiger partial charge in [0.15, 0.2) is 0 Å². The van der Waals surface area contributed by atoms with Crippen molar-refractivity contribution in [3.63, 3.8) is 0 Å². The molecule has 2 aromatic rings. The van der Waals surface area contributed by atoms with E-state index in [9.17, 15) is 0 Å². The summed E-state index contributed by atoms with van der Waals surface area (Å²) in [5, 5.41) is 0. The number of likely N-dealkylation sites (N-methyl/N-ethyl adjacent to an activating group) is 1. The highest BCUT2D eigenvalue weighted by molar-refractivity contribution is 5.04. The lowest BCUT2D eigenvalue weighted by Crippen LogP contribution is -2.21. The van der Waals surface area contributed by atoms with Gasteiger partial charge in [-0.25, -0.2) is 0 Å². The second kappa shape index (κ2) is 6.06. The summed E-state index contributed by atoms with van der Waals surface area (Å²) in [6.07, 6.45) is 8.01. The Labute approximate surface area is 101 Å². The van der Waals surface area contributed by atoms with E-state index in [2.05, 4.69) is 33.0 Å². The van der Waals surface area contributed by atoms with Crippen LogP contribution in [0.1, 0.15) is 11.4 Å². The van der Waals surface area contributed by atoms with Crippen molar-refractivity contribution in [2.24, 2.45) is 0 Å². The number of hydrogen-bond acceptors (Lipinski definition) is 4. The third kappa shape index (κ3) is 3.92. The number of pyridine rings is 1. The summed E-state index contributed by atoms with van der Waals surface area (Å²) in [5.74, 6) is 0. The fourth-order valence-electron chi connectivity index (χ4n) is 1.62. The first-order valence-corrected chi connectivity index (χ1v) is 5.68. The van der Waals surface area contributed by atoms with Gasteiger partial charge < -0.3 is 4.90 Å². The van der Waals surface area contributed by atoms with Crippen LogP contribution in [0.15, 0.2) is 43.0 Å². The highest BCUT2D eigenvalue weighted by Crippen LogP contribution is 2.00. The summed E-state index contributed by atoms with van der Waals surface area (Å²) in [7, 11) is 2.08. The molecule has 0 saturated carbocycles. The van der Waals surface area contributed by atoms with Crippen molar-refractivity contribution in [2.75, 3.05) is 13.6 Å². The van der Waals surface area contributed by atoms with Gasteiger partial charge in [-0.3, -0.25) is 15.0 Å². The van der Waals surface area contributed by atoms with Gasteiger partial charge in [0, 0.05) is 50.0 Å². The molecule has 0 fully saturated rings. The van der Waals surface area contributed by atoms with Crippen molar-refractivity contribution in [1.82, 2.24) is 19.9 Å². The molecule has 0 N–H and O–H groups in total. The second-order valence-corrected chi connectivity index (χ2v) is 4.01. The largest absolute Gasteiger partial charge is 0.300 e. The molecule has 2 heterocycles. The van der Waals surface area contributed by atoms with E-state index in [1.165, 1.54) is 0 Å². The van der Waals surface area contributed by atoms with Crippen molar-refractivity contribution in [3.05, 3.63) is 54.4 Å². The van der Waals surface area contributed by atoms with Crippen molar-refractivity contribution >= 4 is 0 Å². The zero-order valence-corrected chi connectivity index (χ0v) is 9.95. The van der Waals surface area contributed by atoms with Crippen LogP contribution >= 0.6 is 0 Å². The topological polar surface area (TPSA) is 41.9 Å². The Balaban J connectivity index is 1.80. The van der Waals surface area contributed by atoms with E-state index in [0.717, 1.165) is 30.9 Å². The molecule has 0 aliphatic heterocycles. The Hall–Kier alpha value is -1.81. The minimum absolute atomic E-state index is 0.820. The molecule has 0 bridgehead atoms. The molecule has 0 aliphatic carbocycles. The van der Waals surface area contributed by atoms with Gasteiger partial charge in [0.05, 0.1) is 5.69 Å². The lowest BCUT2D eigenvalue weighted by Gasteiger charge is -2.15. The number of aromatic nitrogens is 3. The van der Waals surface area contributed by atoms with E-state index >= 15 is 0 Å². The molecule has 17 heavy (non-hydrogen) atoms. The summed E-state index contributed by atoms with van der Waals surface area (Å²) in [4.78, 5) is 14.8. The van der Waals surface area contributed by atoms with Crippen LogP contribution in [-0.4, -0.2) is 33.4 Å². The maximum absolute atomic E-state index is 4.30. The lowest BCUT2D eigenvalue weighted by atomic mass is 10.2. The van der Waals surface area contributed by atoms with Crippen LogP contribution < -0.4 is 0 Å². The maximum Gasteiger partial charge on any atom is 0.0726 e. The molecule has 88 valence electrons. The Kier molecular flexibility index (Phi) is 4.16. The molecule has 0 unspecified atom stereocenters. The van der Waals surface area contributed by atoms with E-state index in [-0.39, 0.29) is 0 Å². The van der Waals surface area contributed by atoms with Gasteiger partial charge in [0.2, 0.25) is 0 Å². The van der Waals surface area contributed by atoms with E-state index in [1.54, 1.807) is 18.6 Å². The quantitative estimate of drug-likeness (QED) is 0.778. The summed E-state index contributed by atoms with van der Waals surface area (Å²) < 4.78 is 0. The number of hydrogen-bond donors (Lipinski definition) is 0. The summed E-state index contributed by atoms with van der Waals surface area (Å²) >= 11 is 0. The fourth-order valence-corrected chi connectivity index (χ4v) is 1.62. The molecule has 4 nitrogen and oxygen atoms in total. The van der Waals surface area contributed by atoms with Crippen LogP contribution in [0.5, 0.6) is 0 Å². The van der Waals surface area contributed by atoms with E-state index in [0.29, 0.717) is 0 Å². The Morgan fingerprint density at radius 1 is 1.06 bits per heavy atom. The average Bonchev–Trinajstić information content (AvgIpc) is 2.39. The predicted molar refractivity (Wildman–Crippen MR) is 66.3 cm³/mol. The first-order chi connectivity index (χ1) is 8.34. The van der Waals surface area contributed by atoms with Crippen LogP contribution in [0.3, 0.4) is 0 Å². The number of rotatable bonds is 5. The van der Waals surface area contributed by atoms with Crippen molar-refractivity contribution in [3.8, 4) is 0 Å². The van der Waals surface area contributed by atoms with E-state index in [1.807, 2.05) is 18.3 Å².